The van der Waals surface area contributed by atoms with Crippen molar-refractivity contribution in [1.82, 2.24) is 0 Å². The summed E-state index contributed by atoms with van der Waals surface area (Å²) in [4.78, 5) is 24.2. The third-order valence-electron chi connectivity index (χ3n) is 6.16. The summed E-state index contributed by atoms with van der Waals surface area (Å²) in [5.41, 5.74) is 4.98. The fourth-order valence-electron chi connectivity index (χ4n) is 3.00. The number of nitrogens with two attached hydrogens (primary N) is 1. The van der Waals surface area contributed by atoms with Crippen LogP contribution in [0.5, 0.6) is 0 Å². The summed E-state index contributed by atoms with van der Waals surface area (Å²) in [6, 6.07) is -0.785. The molecule has 3 atom stereocenters. The van der Waals surface area contributed by atoms with E-state index in [1.54, 1.807) is 0 Å². The largest absolute Gasteiger partial charge is 0.392 e. The summed E-state index contributed by atoms with van der Waals surface area (Å²) in [6.07, 6.45) is 19.3. The standard InChI is InChI=1S/C25H45NO3/c1-7-10-11-12-13-14-15-16-17-18-24(5,8-2)19-20-25(6,9-3)23(28)29-22(27)21(4)26/h13-14,16-17,21H,7-12,15,18-20,26H2,1-6H3/b14-13-,17-16-. The second-order valence-electron chi connectivity index (χ2n) is 8.95. The van der Waals surface area contributed by atoms with E-state index in [0.29, 0.717) is 12.8 Å². The third-order valence-corrected chi connectivity index (χ3v) is 6.16. The first-order chi connectivity index (χ1) is 13.6. The number of esters is 2. The third kappa shape index (κ3) is 11.4. The average molecular weight is 408 g/mol. The van der Waals surface area contributed by atoms with Crippen LogP contribution in [0.4, 0.5) is 0 Å². The van der Waals surface area contributed by atoms with Crippen LogP contribution in [0.2, 0.25) is 0 Å². The van der Waals surface area contributed by atoms with Crippen LogP contribution in [0.15, 0.2) is 24.3 Å². The summed E-state index contributed by atoms with van der Waals surface area (Å²) < 4.78 is 5.00. The van der Waals surface area contributed by atoms with Gasteiger partial charge in [-0.05, 0) is 64.2 Å². The van der Waals surface area contributed by atoms with E-state index in [0.717, 1.165) is 25.7 Å². The Labute approximate surface area is 179 Å². The molecule has 0 aromatic rings. The van der Waals surface area contributed by atoms with Gasteiger partial charge in [0, 0.05) is 0 Å². The Morgan fingerprint density at radius 2 is 1.62 bits per heavy atom. The molecular formula is C25H45NO3. The van der Waals surface area contributed by atoms with E-state index in [1.807, 2.05) is 13.8 Å². The first-order valence-electron chi connectivity index (χ1n) is 11.5. The molecule has 0 aliphatic carbocycles. The fraction of sp³-hybridized carbons (Fsp3) is 0.760. The first kappa shape index (κ1) is 27.6. The van der Waals surface area contributed by atoms with Crippen LogP contribution in [-0.2, 0) is 14.3 Å². The van der Waals surface area contributed by atoms with Crippen LogP contribution < -0.4 is 5.73 Å². The van der Waals surface area contributed by atoms with E-state index in [9.17, 15) is 9.59 Å². The molecule has 0 radical (unpaired) electrons. The molecule has 0 spiro atoms. The second kappa shape index (κ2) is 14.5. The highest BCUT2D eigenvalue weighted by Crippen LogP contribution is 2.39. The van der Waals surface area contributed by atoms with Gasteiger partial charge in [0.15, 0.2) is 0 Å². The van der Waals surface area contributed by atoms with Crippen molar-refractivity contribution in [2.24, 2.45) is 16.6 Å². The SMILES string of the molecule is CCCCC/C=C\C/C=C\CC(C)(CC)CCC(C)(CC)C(=O)OC(=O)C(C)N. The van der Waals surface area contributed by atoms with E-state index in [2.05, 4.69) is 45.1 Å². The Kier molecular flexibility index (Phi) is 13.8. The van der Waals surface area contributed by atoms with Gasteiger partial charge in [-0.25, -0.2) is 4.79 Å². The van der Waals surface area contributed by atoms with Gasteiger partial charge in [-0.15, -0.1) is 0 Å². The average Bonchev–Trinajstić information content (AvgIpc) is 2.70. The van der Waals surface area contributed by atoms with E-state index in [-0.39, 0.29) is 5.41 Å². The highest BCUT2D eigenvalue weighted by Gasteiger charge is 2.37. The van der Waals surface area contributed by atoms with Gasteiger partial charge in [0.25, 0.3) is 0 Å². The van der Waals surface area contributed by atoms with Crippen molar-refractivity contribution in [1.29, 1.82) is 0 Å². The van der Waals surface area contributed by atoms with Crippen molar-refractivity contribution in [3.8, 4) is 0 Å². The van der Waals surface area contributed by atoms with Crippen molar-refractivity contribution >= 4 is 11.9 Å². The first-order valence-corrected chi connectivity index (χ1v) is 11.5. The smallest absolute Gasteiger partial charge is 0.330 e. The molecular weight excluding hydrogens is 362 g/mol. The van der Waals surface area contributed by atoms with Gasteiger partial charge in [0.1, 0.15) is 6.04 Å². The van der Waals surface area contributed by atoms with Crippen LogP contribution >= 0.6 is 0 Å². The maximum Gasteiger partial charge on any atom is 0.330 e. The number of carbonyl (C=O) groups excluding carboxylic acids is 2. The molecule has 0 amide bonds. The molecule has 0 aliphatic heterocycles. The lowest BCUT2D eigenvalue weighted by Gasteiger charge is -2.33. The zero-order valence-electron chi connectivity index (χ0n) is 19.8. The lowest BCUT2D eigenvalue weighted by atomic mass is 9.73. The number of carbonyl (C=O) groups is 2. The number of hydrogen-bond acceptors (Lipinski definition) is 4. The Hall–Kier alpha value is -1.42. The van der Waals surface area contributed by atoms with Crippen LogP contribution in [0.3, 0.4) is 0 Å². The maximum absolute atomic E-state index is 12.5. The minimum absolute atomic E-state index is 0.128. The van der Waals surface area contributed by atoms with Crippen molar-refractivity contribution in [2.45, 2.75) is 112 Å². The van der Waals surface area contributed by atoms with Crippen molar-refractivity contribution < 1.29 is 14.3 Å². The lowest BCUT2D eigenvalue weighted by Crippen LogP contribution is -2.37. The molecule has 2 N–H and O–H groups in total. The van der Waals surface area contributed by atoms with Crippen LogP contribution in [0, 0.1) is 10.8 Å². The highest BCUT2D eigenvalue weighted by molar-refractivity contribution is 5.90. The molecule has 0 aromatic heterocycles. The van der Waals surface area contributed by atoms with E-state index < -0.39 is 23.4 Å². The number of allylic oxidation sites excluding steroid dienone is 4. The van der Waals surface area contributed by atoms with Gasteiger partial charge in [0.05, 0.1) is 5.41 Å². The highest BCUT2D eigenvalue weighted by atomic mass is 16.6. The molecule has 29 heavy (non-hydrogen) atoms. The molecule has 0 aromatic carbocycles. The minimum atomic E-state index is -0.785. The summed E-state index contributed by atoms with van der Waals surface area (Å²) >= 11 is 0. The van der Waals surface area contributed by atoms with Gasteiger partial charge in [-0.3, -0.25) is 4.79 Å². The predicted molar refractivity (Wildman–Crippen MR) is 122 cm³/mol. The number of rotatable bonds is 15. The molecule has 0 saturated carbocycles. The predicted octanol–water partition coefficient (Wildman–Crippen LogP) is 6.49. The van der Waals surface area contributed by atoms with E-state index >= 15 is 0 Å². The molecule has 0 aliphatic rings. The summed E-state index contributed by atoms with van der Waals surface area (Å²) in [7, 11) is 0. The Morgan fingerprint density at radius 3 is 2.17 bits per heavy atom. The van der Waals surface area contributed by atoms with E-state index in [1.165, 1.54) is 32.6 Å². The monoisotopic (exact) mass is 407 g/mol. The molecule has 4 nitrogen and oxygen atoms in total. The molecule has 0 saturated heterocycles. The zero-order valence-corrected chi connectivity index (χ0v) is 19.8. The fourth-order valence-corrected chi connectivity index (χ4v) is 3.00. The second-order valence-corrected chi connectivity index (χ2v) is 8.95. The Morgan fingerprint density at radius 1 is 0.966 bits per heavy atom. The normalized spacial score (nSPS) is 17.2. The Balaban J connectivity index is 4.62. The molecule has 0 bridgehead atoms. The number of hydrogen-bond donors (Lipinski definition) is 1. The van der Waals surface area contributed by atoms with Gasteiger partial charge in [0.2, 0.25) is 0 Å². The van der Waals surface area contributed by atoms with Crippen LogP contribution in [0.25, 0.3) is 0 Å². The zero-order chi connectivity index (χ0) is 22.3. The molecule has 4 heteroatoms. The molecule has 0 rings (SSSR count). The van der Waals surface area contributed by atoms with Gasteiger partial charge in [-0.1, -0.05) is 71.3 Å². The Bertz CT molecular complexity index is 538. The summed E-state index contributed by atoms with van der Waals surface area (Å²) in [6.45, 7) is 12.1. The van der Waals surface area contributed by atoms with Gasteiger partial charge >= 0.3 is 11.9 Å². The maximum atomic E-state index is 12.5. The minimum Gasteiger partial charge on any atom is -0.392 e. The van der Waals surface area contributed by atoms with E-state index in [4.69, 9.17) is 10.5 Å². The lowest BCUT2D eigenvalue weighted by molar-refractivity contribution is -0.168. The summed E-state index contributed by atoms with van der Waals surface area (Å²) in [5.74, 6) is -1.11. The quantitative estimate of drug-likeness (QED) is 0.146. The van der Waals surface area contributed by atoms with Crippen LogP contribution in [-0.4, -0.2) is 18.0 Å². The van der Waals surface area contributed by atoms with Gasteiger partial charge < -0.3 is 10.5 Å². The number of ether oxygens (including phenoxy) is 1. The van der Waals surface area contributed by atoms with Crippen molar-refractivity contribution in [3.63, 3.8) is 0 Å². The molecule has 0 heterocycles. The molecule has 0 fully saturated rings. The number of unbranched alkanes of at least 4 members (excludes halogenated alkanes) is 3. The van der Waals surface area contributed by atoms with Crippen LogP contribution in [0.1, 0.15) is 106 Å². The van der Waals surface area contributed by atoms with Crippen molar-refractivity contribution in [3.05, 3.63) is 24.3 Å². The van der Waals surface area contributed by atoms with Crippen molar-refractivity contribution in [2.75, 3.05) is 0 Å². The molecule has 168 valence electrons. The van der Waals surface area contributed by atoms with Gasteiger partial charge in [-0.2, -0.15) is 0 Å². The molecule has 3 unspecified atom stereocenters. The topological polar surface area (TPSA) is 69.4 Å². The summed E-state index contributed by atoms with van der Waals surface area (Å²) in [5, 5.41) is 0.